The smallest absolute Gasteiger partial charge is 0.253 e. The summed E-state index contributed by atoms with van der Waals surface area (Å²) in [6.07, 6.45) is 2.04. The summed E-state index contributed by atoms with van der Waals surface area (Å²) in [6, 6.07) is 15.2. The highest BCUT2D eigenvalue weighted by atomic mass is 35.5. The van der Waals surface area contributed by atoms with E-state index in [4.69, 9.17) is 11.6 Å². The molecule has 0 aliphatic rings. The third-order valence-corrected chi connectivity index (χ3v) is 4.16. The molecule has 0 aromatic heterocycles. The largest absolute Gasteiger partial charge is 0.345 e. The van der Waals surface area contributed by atoms with Gasteiger partial charge in [0.1, 0.15) is 0 Å². The maximum atomic E-state index is 12.2. The molecule has 0 fully saturated rings. The SMILES string of the molecule is CSc1ccc(C(C)NC(=O)c2ccccc2Cl)cc1. The van der Waals surface area contributed by atoms with Gasteiger partial charge in [0, 0.05) is 4.90 Å². The van der Waals surface area contributed by atoms with Crippen molar-refractivity contribution in [1.82, 2.24) is 5.32 Å². The van der Waals surface area contributed by atoms with Crippen molar-refractivity contribution in [3.05, 3.63) is 64.7 Å². The maximum Gasteiger partial charge on any atom is 0.253 e. The second-order valence-corrected chi connectivity index (χ2v) is 5.74. The standard InChI is InChI=1S/C16H16ClNOS/c1-11(12-7-9-13(20-2)10-8-12)18-16(19)14-5-3-4-6-15(14)17/h3-11H,1-2H3,(H,18,19). The predicted octanol–water partition coefficient (Wildman–Crippen LogP) is 4.55. The zero-order valence-corrected chi connectivity index (χ0v) is 13.0. The Hall–Kier alpha value is -1.45. The Kier molecular flexibility index (Phi) is 5.10. The van der Waals surface area contributed by atoms with Gasteiger partial charge in [0.05, 0.1) is 16.6 Å². The van der Waals surface area contributed by atoms with Crippen LogP contribution in [-0.2, 0) is 0 Å². The lowest BCUT2D eigenvalue weighted by Gasteiger charge is -2.15. The molecular weight excluding hydrogens is 290 g/mol. The van der Waals surface area contributed by atoms with Crippen molar-refractivity contribution in [2.24, 2.45) is 0 Å². The molecule has 0 aliphatic heterocycles. The van der Waals surface area contributed by atoms with Crippen LogP contribution in [0.25, 0.3) is 0 Å². The van der Waals surface area contributed by atoms with E-state index in [9.17, 15) is 4.79 Å². The van der Waals surface area contributed by atoms with Gasteiger partial charge >= 0.3 is 0 Å². The van der Waals surface area contributed by atoms with Crippen LogP contribution in [0, 0.1) is 0 Å². The Balaban J connectivity index is 2.09. The number of halogens is 1. The highest BCUT2D eigenvalue weighted by molar-refractivity contribution is 7.98. The van der Waals surface area contributed by atoms with E-state index in [0.29, 0.717) is 10.6 Å². The zero-order chi connectivity index (χ0) is 14.5. The average molecular weight is 306 g/mol. The predicted molar refractivity (Wildman–Crippen MR) is 85.6 cm³/mol. The van der Waals surface area contributed by atoms with Crippen molar-refractivity contribution >= 4 is 29.3 Å². The Labute approximate surface area is 128 Å². The Bertz CT molecular complexity index is 598. The number of rotatable bonds is 4. The Morgan fingerprint density at radius 1 is 1.15 bits per heavy atom. The van der Waals surface area contributed by atoms with Gasteiger partial charge in [-0.2, -0.15) is 0 Å². The first kappa shape index (κ1) is 14.9. The number of carbonyl (C=O) groups is 1. The first-order valence-corrected chi connectivity index (χ1v) is 7.91. The van der Waals surface area contributed by atoms with E-state index in [2.05, 4.69) is 17.4 Å². The summed E-state index contributed by atoms with van der Waals surface area (Å²) in [5.41, 5.74) is 1.57. The lowest BCUT2D eigenvalue weighted by molar-refractivity contribution is 0.0940. The van der Waals surface area contributed by atoms with Gasteiger partial charge in [-0.15, -0.1) is 11.8 Å². The third kappa shape index (κ3) is 3.56. The number of amides is 1. The van der Waals surface area contributed by atoms with Crippen LogP contribution in [0.15, 0.2) is 53.4 Å². The van der Waals surface area contributed by atoms with Crippen molar-refractivity contribution in [3.63, 3.8) is 0 Å². The Morgan fingerprint density at radius 3 is 2.40 bits per heavy atom. The molecule has 0 saturated carbocycles. The lowest BCUT2D eigenvalue weighted by atomic mass is 10.1. The van der Waals surface area contributed by atoms with Gasteiger partial charge in [0.15, 0.2) is 0 Å². The molecule has 1 atom stereocenters. The highest BCUT2D eigenvalue weighted by Gasteiger charge is 2.13. The van der Waals surface area contributed by atoms with E-state index < -0.39 is 0 Å². The second-order valence-electron chi connectivity index (χ2n) is 4.45. The summed E-state index contributed by atoms with van der Waals surface area (Å²) >= 11 is 7.72. The van der Waals surface area contributed by atoms with Gasteiger partial charge in [-0.25, -0.2) is 0 Å². The molecule has 0 heterocycles. The van der Waals surface area contributed by atoms with Gasteiger partial charge in [-0.3, -0.25) is 4.79 Å². The molecule has 1 amide bonds. The van der Waals surface area contributed by atoms with Crippen LogP contribution in [0.1, 0.15) is 28.9 Å². The minimum absolute atomic E-state index is 0.0605. The number of nitrogens with one attached hydrogen (secondary N) is 1. The molecule has 2 rings (SSSR count). The summed E-state index contributed by atoms with van der Waals surface area (Å²) in [7, 11) is 0. The number of thioether (sulfide) groups is 1. The van der Waals surface area contributed by atoms with E-state index in [1.807, 2.05) is 31.4 Å². The van der Waals surface area contributed by atoms with Gasteiger partial charge in [0.25, 0.3) is 5.91 Å². The molecule has 0 radical (unpaired) electrons. The van der Waals surface area contributed by atoms with Crippen LogP contribution >= 0.6 is 23.4 Å². The summed E-state index contributed by atoms with van der Waals surface area (Å²) in [5.74, 6) is -0.156. The molecule has 0 bridgehead atoms. The van der Waals surface area contributed by atoms with Gasteiger partial charge < -0.3 is 5.32 Å². The molecule has 4 heteroatoms. The van der Waals surface area contributed by atoms with E-state index in [1.165, 1.54) is 4.90 Å². The fraction of sp³-hybridized carbons (Fsp3) is 0.188. The molecule has 1 unspecified atom stereocenters. The fourth-order valence-electron chi connectivity index (χ4n) is 1.90. The highest BCUT2D eigenvalue weighted by Crippen LogP contribution is 2.20. The van der Waals surface area contributed by atoms with E-state index >= 15 is 0 Å². The van der Waals surface area contributed by atoms with Crippen molar-refractivity contribution < 1.29 is 4.79 Å². The lowest BCUT2D eigenvalue weighted by Crippen LogP contribution is -2.26. The van der Waals surface area contributed by atoms with Crippen LogP contribution in [0.3, 0.4) is 0 Å². The number of hydrogen-bond acceptors (Lipinski definition) is 2. The monoisotopic (exact) mass is 305 g/mol. The topological polar surface area (TPSA) is 29.1 Å². The van der Waals surface area contributed by atoms with Crippen LogP contribution in [0.5, 0.6) is 0 Å². The molecule has 1 N–H and O–H groups in total. The summed E-state index contributed by atoms with van der Waals surface area (Å²) in [6.45, 7) is 1.96. The minimum atomic E-state index is -0.156. The van der Waals surface area contributed by atoms with Crippen molar-refractivity contribution in [1.29, 1.82) is 0 Å². The molecule has 20 heavy (non-hydrogen) atoms. The van der Waals surface area contributed by atoms with E-state index in [1.54, 1.807) is 30.0 Å². The minimum Gasteiger partial charge on any atom is -0.345 e. The maximum absolute atomic E-state index is 12.2. The molecule has 2 aromatic rings. The van der Waals surface area contributed by atoms with Crippen LogP contribution in [0.2, 0.25) is 5.02 Å². The van der Waals surface area contributed by atoms with Crippen LogP contribution in [-0.4, -0.2) is 12.2 Å². The van der Waals surface area contributed by atoms with E-state index in [-0.39, 0.29) is 11.9 Å². The van der Waals surface area contributed by atoms with Crippen molar-refractivity contribution in [3.8, 4) is 0 Å². The van der Waals surface area contributed by atoms with Gasteiger partial charge in [0.2, 0.25) is 0 Å². The number of carbonyl (C=O) groups excluding carboxylic acids is 1. The normalized spacial score (nSPS) is 11.9. The van der Waals surface area contributed by atoms with Crippen LogP contribution < -0.4 is 5.32 Å². The van der Waals surface area contributed by atoms with Crippen molar-refractivity contribution in [2.75, 3.05) is 6.26 Å². The number of benzene rings is 2. The molecular formula is C16H16ClNOS. The van der Waals surface area contributed by atoms with Gasteiger partial charge in [-0.1, -0.05) is 35.9 Å². The second kappa shape index (κ2) is 6.82. The van der Waals surface area contributed by atoms with E-state index in [0.717, 1.165) is 5.56 Å². The Morgan fingerprint density at radius 2 is 1.80 bits per heavy atom. The molecule has 0 saturated heterocycles. The summed E-state index contributed by atoms with van der Waals surface area (Å²) in [4.78, 5) is 13.4. The first-order chi connectivity index (χ1) is 9.61. The fourth-order valence-corrected chi connectivity index (χ4v) is 2.53. The van der Waals surface area contributed by atoms with Gasteiger partial charge in [-0.05, 0) is 43.0 Å². The third-order valence-electron chi connectivity index (χ3n) is 3.08. The number of hydrogen-bond donors (Lipinski definition) is 1. The quantitative estimate of drug-likeness (QED) is 0.839. The zero-order valence-electron chi connectivity index (χ0n) is 11.4. The average Bonchev–Trinajstić information content (AvgIpc) is 2.47. The summed E-state index contributed by atoms with van der Waals surface area (Å²) < 4.78 is 0. The molecule has 2 aromatic carbocycles. The van der Waals surface area contributed by atoms with Crippen molar-refractivity contribution in [2.45, 2.75) is 17.9 Å². The summed E-state index contributed by atoms with van der Waals surface area (Å²) in [5, 5.41) is 3.43. The molecule has 0 spiro atoms. The van der Waals surface area contributed by atoms with Crippen LogP contribution in [0.4, 0.5) is 0 Å². The molecule has 2 nitrogen and oxygen atoms in total. The first-order valence-electron chi connectivity index (χ1n) is 6.31. The molecule has 0 aliphatic carbocycles. The molecule has 104 valence electrons.